The lowest BCUT2D eigenvalue weighted by atomic mass is 10.1. The molecule has 0 radical (unpaired) electrons. The smallest absolute Gasteiger partial charge is 0.152 e. The van der Waals surface area contributed by atoms with Crippen molar-refractivity contribution >= 4 is 32.5 Å². The third-order valence-electron chi connectivity index (χ3n) is 4.03. The Morgan fingerprint density at radius 2 is 2.19 bits per heavy atom. The van der Waals surface area contributed by atoms with Crippen molar-refractivity contribution in [3.8, 4) is 0 Å². The Kier molecular flexibility index (Phi) is 3.74. The lowest BCUT2D eigenvalue weighted by Crippen LogP contribution is -2.28. The highest BCUT2D eigenvalue weighted by Gasteiger charge is 2.29. The lowest BCUT2D eigenvalue weighted by Gasteiger charge is -2.26. The number of nitrogens with zero attached hydrogens (tertiary/aromatic N) is 2. The van der Waals surface area contributed by atoms with Gasteiger partial charge in [0, 0.05) is 6.04 Å². The molecular formula is C15H19ClN2O2S. The van der Waals surface area contributed by atoms with Crippen molar-refractivity contribution in [3.05, 3.63) is 29.6 Å². The van der Waals surface area contributed by atoms with Gasteiger partial charge in [-0.15, -0.1) is 11.6 Å². The molecule has 114 valence electrons. The van der Waals surface area contributed by atoms with Gasteiger partial charge >= 0.3 is 0 Å². The predicted molar refractivity (Wildman–Crippen MR) is 85.7 cm³/mol. The van der Waals surface area contributed by atoms with Gasteiger partial charge in [0.1, 0.15) is 5.82 Å². The van der Waals surface area contributed by atoms with Gasteiger partial charge in [-0.2, -0.15) is 0 Å². The van der Waals surface area contributed by atoms with Crippen molar-refractivity contribution in [1.82, 2.24) is 9.55 Å². The van der Waals surface area contributed by atoms with E-state index >= 15 is 0 Å². The molecule has 2 aromatic rings. The zero-order valence-corrected chi connectivity index (χ0v) is 13.8. The summed E-state index contributed by atoms with van der Waals surface area (Å²) < 4.78 is 26.0. The number of imidazole rings is 1. The number of aromatic nitrogens is 2. The summed E-state index contributed by atoms with van der Waals surface area (Å²) in [5.74, 6) is 1.24. The molecule has 1 aliphatic rings. The summed E-state index contributed by atoms with van der Waals surface area (Å²) in [7, 11) is -2.97. The summed E-state index contributed by atoms with van der Waals surface area (Å²) >= 11 is 6.28. The van der Waals surface area contributed by atoms with E-state index in [1.165, 1.54) is 0 Å². The number of fused-ring (bicyclic) bond motifs is 1. The zero-order chi connectivity index (χ0) is 15.2. The second-order valence-corrected chi connectivity index (χ2v) is 8.74. The number of sulfone groups is 1. The molecule has 2 unspecified atom stereocenters. The van der Waals surface area contributed by atoms with Crippen LogP contribution >= 0.6 is 11.6 Å². The minimum atomic E-state index is -2.97. The molecule has 2 heterocycles. The molecule has 6 heteroatoms. The van der Waals surface area contributed by atoms with Crippen molar-refractivity contribution in [2.45, 2.75) is 38.1 Å². The summed E-state index contributed by atoms with van der Waals surface area (Å²) in [5, 5.41) is -0.248. The maximum atomic E-state index is 12.0. The van der Waals surface area contributed by atoms with Crippen molar-refractivity contribution in [1.29, 1.82) is 0 Å². The van der Waals surface area contributed by atoms with Crippen LogP contribution in [0.2, 0.25) is 0 Å². The van der Waals surface area contributed by atoms with Crippen LogP contribution in [0.3, 0.4) is 0 Å². The van der Waals surface area contributed by atoms with Gasteiger partial charge in [0.25, 0.3) is 0 Å². The number of alkyl halides is 1. The second-order valence-electron chi connectivity index (χ2n) is 5.86. The molecule has 0 N–H and O–H groups in total. The first-order chi connectivity index (χ1) is 9.87. The number of aryl methyl sites for hydroxylation is 1. The molecule has 0 amide bonds. The fourth-order valence-electron chi connectivity index (χ4n) is 3.09. The SMILES string of the molecule is Cc1ccc2nc(C(C)Cl)n(C3CCCS(=O)(=O)C3)c2c1. The first-order valence-electron chi connectivity index (χ1n) is 7.20. The number of benzene rings is 1. The third-order valence-corrected chi connectivity index (χ3v) is 6.03. The van der Waals surface area contributed by atoms with E-state index in [2.05, 4.69) is 15.6 Å². The third kappa shape index (κ3) is 2.81. The van der Waals surface area contributed by atoms with E-state index in [0.29, 0.717) is 12.2 Å². The van der Waals surface area contributed by atoms with Crippen molar-refractivity contribution in [2.24, 2.45) is 0 Å². The summed E-state index contributed by atoms with van der Waals surface area (Å²) in [6.45, 7) is 3.90. The van der Waals surface area contributed by atoms with Crippen LogP contribution in [0.15, 0.2) is 18.2 Å². The van der Waals surface area contributed by atoms with Gasteiger partial charge < -0.3 is 4.57 Å². The number of halogens is 1. The Morgan fingerprint density at radius 3 is 2.86 bits per heavy atom. The molecule has 0 spiro atoms. The predicted octanol–water partition coefficient (Wildman–Crippen LogP) is 3.39. The van der Waals surface area contributed by atoms with Gasteiger partial charge in [-0.3, -0.25) is 0 Å². The Hall–Kier alpha value is -1.07. The fraction of sp³-hybridized carbons (Fsp3) is 0.533. The Bertz CT molecular complexity index is 780. The average molecular weight is 327 g/mol. The summed E-state index contributed by atoms with van der Waals surface area (Å²) in [6.07, 6.45) is 1.56. The topological polar surface area (TPSA) is 52.0 Å². The van der Waals surface area contributed by atoms with Crippen LogP contribution in [0.25, 0.3) is 11.0 Å². The Morgan fingerprint density at radius 1 is 1.43 bits per heavy atom. The van der Waals surface area contributed by atoms with E-state index in [1.54, 1.807) is 0 Å². The summed E-state index contributed by atoms with van der Waals surface area (Å²) in [6, 6.07) is 5.99. The van der Waals surface area contributed by atoms with Crippen LogP contribution in [-0.4, -0.2) is 29.5 Å². The summed E-state index contributed by atoms with van der Waals surface area (Å²) in [4.78, 5) is 4.61. The first-order valence-corrected chi connectivity index (χ1v) is 9.46. The standard InChI is InChI=1S/C15H19ClN2O2S/c1-10-5-6-13-14(8-10)18(15(17-13)11(2)16)12-4-3-7-21(19,20)9-12/h5-6,8,11-12H,3-4,7,9H2,1-2H3. The number of hydrogen-bond acceptors (Lipinski definition) is 3. The molecule has 1 fully saturated rings. The molecule has 1 aromatic carbocycles. The van der Waals surface area contributed by atoms with Gasteiger partial charge in [0.2, 0.25) is 0 Å². The van der Waals surface area contributed by atoms with Gasteiger partial charge in [-0.25, -0.2) is 13.4 Å². The highest BCUT2D eigenvalue weighted by Crippen LogP contribution is 2.33. The lowest BCUT2D eigenvalue weighted by molar-refractivity contribution is 0.466. The van der Waals surface area contributed by atoms with Crippen LogP contribution in [-0.2, 0) is 9.84 Å². The largest absolute Gasteiger partial charge is 0.323 e. The normalized spacial score (nSPS) is 23.3. The van der Waals surface area contributed by atoms with E-state index < -0.39 is 9.84 Å². The molecule has 21 heavy (non-hydrogen) atoms. The Balaban J connectivity index is 2.19. The van der Waals surface area contributed by atoms with E-state index in [1.807, 2.05) is 26.0 Å². The van der Waals surface area contributed by atoms with Gasteiger partial charge in [0.15, 0.2) is 9.84 Å². The van der Waals surface area contributed by atoms with E-state index in [9.17, 15) is 8.42 Å². The maximum absolute atomic E-state index is 12.0. The zero-order valence-electron chi connectivity index (χ0n) is 12.2. The molecule has 1 aromatic heterocycles. The second kappa shape index (κ2) is 5.29. The average Bonchev–Trinajstić information content (AvgIpc) is 2.76. The molecule has 0 saturated carbocycles. The minimum Gasteiger partial charge on any atom is -0.323 e. The van der Waals surface area contributed by atoms with E-state index in [4.69, 9.17) is 11.6 Å². The molecule has 1 saturated heterocycles. The highest BCUT2D eigenvalue weighted by atomic mass is 35.5. The molecular weight excluding hydrogens is 308 g/mol. The Labute approximate surface area is 130 Å². The van der Waals surface area contributed by atoms with Crippen molar-refractivity contribution in [3.63, 3.8) is 0 Å². The van der Waals surface area contributed by atoms with Gasteiger partial charge in [-0.1, -0.05) is 6.07 Å². The molecule has 3 rings (SSSR count). The van der Waals surface area contributed by atoms with Crippen LogP contribution in [0, 0.1) is 6.92 Å². The first kappa shape index (κ1) is 14.9. The van der Waals surface area contributed by atoms with Crippen LogP contribution in [0.1, 0.15) is 42.6 Å². The number of rotatable bonds is 2. The van der Waals surface area contributed by atoms with E-state index in [-0.39, 0.29) is 17.2 Å². The fourth-order valence-corrected chi connectivity index (χ4v) is 4.92. The monoisotopic (exact) mass is 326 g/mol. The minimum absolute atomic E-state index is 0.0632. The molecule has 0 bridgehead atoms. The van der Waals surface area contributed by atoms with Gasteiger partial charge in [0.05, 0.1) is 27.9 Å². The van der Waals surface area contributed by atoms with Crippen molar-refractivity contribution in [2.75, 3.05) is 11.5 Å². The van der Waals surface area contributed by atoms with Crippen LogP contribution in [0.4, 0.5) is 0 Å². The molecule has 1 aliphatic heterocycles. The van der Waals surface area contributed by atoms with Gasteiger partial charge in [-0.05, 0) is 44.4 Å². The number of hydrogen-bond donors (Lipinski definition) is 0. The summed E-state index contributed by atoms with van der Waals surface area (Å²) in [5.41, 5.74) is 3.00. The molecule has 2 atom stereocenters. The van der Waals surface area contributed by atoms with E-state index in [0.717, 1.165) is 28.8 Å². The van der Waals surface area contributed by atoms with Crippen LogP contribution < -0.4 is 0 Å². The highest BCUT2D eigenvalue weighted by molar-refractivity contribution is 7.91. The molecule has 0 aliphatic carbocycles. The maximum Gasteiger partial charge on any atom is 0.152 e. The van der Waals surface area contributed by atoms with Crippen molar-refractivity contribution < 1.29 is 8.42 Å². The molecule has 4 nitrogen and oxygen atoms in total. The quantitative estimate of drug-likeness (QED) is 0.795. The van der Waals surface area contributed by atoms with Crippen LogP contribution in [0.5, 0.6) is 0 Å².